The summed E-state index contributed by atoms with van der Waals surface area (Å²) < 4.78 is 0. The van der Waals surface area contributed by atoms with Crippen LogP contribution in [0.3, 0.4) is 0 Å². The fraction of sp³-hybridized carbons (Fsp3) is 0.526. The Bertz CT molecular complexity index is 793. The molecule has 0 aromatic heterocycles. The highest BCUT2D eigenvalue weighted by molar-refractivity contribution is 6.15. The van der Waals surface area contributed by atoms with Gasteiger partial charge in [-0.2, -0.15) is 0 Å². The first-order valence-electron chi connectivity index (χ1n) is 9.15. The number of para-hydroxylation sites is 1. The number of hydrogen-bond acceptors (Lipinski definition) is 5. The van der Waals surface area contributed by atoms with Crippen molar-refractivity contribution in [2.24, 2.45) is 11.8 Å². The van der Waals surface area contributed by atoms with Crippen molar-refractivity contribution >= 4 is 23.4 Å². The standard InChI is InChI=1S/C19H23N3O4/c1-3-4-9-22-16(24)13-14(17(22)25)19(21-15(13)10(2)23)11-7-5-6-8-12(11)20-18(19)26/h5-8,10,13-15,21,23H,3-4,9H2,1-2H3,(H,20,26)/t10-,13-,14+,15-,19-/m0/s1. The SMILES string of the molecule is CCCCN1C(=O)[C@@H]2[C@H]([C@H](C)O)N[C@]3(C(=O)Nc4ccccc43)[C@H]2C1=O. The van der Waals surface area contributed by atoms with Crippen LogP contribution in [0.5, 0.6) is 0 Å². The summed E-state index contributed by atoms with van der Waals surface area (Å²) in [4.78, 5) is 40.5. The van der Waals surface area contributed by atoms with Crippen molar-refractivity contribution < 1.29 is 19.5 Å². The second kappa shape index (κ2) is 5.89. The fourth-order valence-corrected chi connectivity index (χ4v) is 4.70. The molecule has 3 amide bonds. The Morgan fingerprint density at radius 1 is 1.23 bits per heavy atom. The molecule has 3 N–H and O–H groups in total. The number of carbonyl (C=O) groups excluding carboxylic acids is 3. The first-order chi connectivity index (χ1) is 12.4. The van der Waals surface area contributed by atoms with Crippen LogP contribution in [0.15, 0.2) is 24.3 Å². The van der Waals surface area contributed by atoms with Gasteiger partial charge in [-0.15, -0.1) is 0 Å². The van der Waals surface area contributed by atoms with Gasteiger partial charge in [0.2, 0.25) is 17.7 Å². The van der Waals surface area contributed by atoms with Crippen LogP contribution < -0.4 is 10.6 Å². The Hall–Kier alpha value is -2.25. The molecular weight excluding hydrogens is 334 g/mol. The van der Waals surface area contributed by atoms with Gasteiger partial charge in [-0.3, -0.25) is 24.6 Å². The zero-order chi connectivity index (χ0) is 18.6. The molecule has 4 rings (SSSR count). The molecule has 1 aromatic rings. The Morgan fingerprint density at radius 2 is 1.96 bits per heavy atom. The van der Waals surface area contributed by atoms with Crippen molar-refractivity contribution in [1.29, 1.82) is 0 Å². The Kier molecular flexibility index (Phi) is 3.89. The topological polar surface area (TPSA) is 98.7 Å². The monoisotopic (exact) mass is 357 g/mol. The highest BCUT2D eigenvalue weighted by Gasteiger charge is 2.70. The summed E-state index contributed by atoms with van der Waals surface area (Å²) in [5.41, 5.74) is 0.000255. The number of carbonyl (C=O) groups is 3. The Labute approximate surface area is 151 Å². The molecule has 0 bridgehead atoms. The van der Waals surface area contributed by atoms with E-state index in [2.05, 4.69) is 10.6 Å². The zero-order valence-corrected chi connectivity index (χ0v) is 14.9. The number of aliphatic hydroxyl groups excluding tert-OH is 1. The van der Waals surface area contributed by atoms with Gasteiger partial charge in [0.15, 0.2) is 0 Å². The smallest absolute Gasteiger partial charge is 0.250 e. The number of unbranched alkanes of at least 4 members (excludes halogenated alkanes) is 1. The maximum atomic E-state index is 13.2. The lowest BCUT2D eigenvalue weighted by Gasteiger charge is -2.30. The number of nitrogens with zero attached hydrogens (tertiary/aromatic N) is 1. The van der Waals surface area contributed by atoms with Gasteiger partial charge in [-0.25, -0.2) is 0 Å². The van der Waals surface area contributed by atoms with E-state index < -0.39 is 29.5 Å². The minimum atomic E-state index is -1.31. The summed E-state index contributed by atoms with van der Waals surface area (Å²) in [6.45, 7) is 3.93. The summed E-state index contributed by atoms with van der Waals surface area (Å²) in [5.74, 6) is -2.53. The number of benzene rings is 1. The molecule has 2 fully saturated rings. The molecule has 0 unspecified atom stereocenters. The first kappa shape index (κ1) is 17.2. The van der Waals surface area contributed by atoms with Gasteiger partial charge in [-0.05, 0) is 19.4 Å². The number of fused-ring (bicyclic) bond motifs is 4. The molecule has 7 heteroatoms. The molecule has 5 atom stereocenters. The van der Waals surface area contributed by atoms with Gasteiger partial charge < -0.3 is 10.4 Å². The minimum absolute atomic E-state index is 0.291. The molecule has 0 saturated carbocycles. The lowest BCUT2D eigenvalue weighted by Crippen LogP contribution is -2.54. The van der Waals surface area contributed by atoms with E-state index in [9.17, 15) is 19.5 Å². The quantitative estimate of drug-likeness (QED) is 0.685. The molecule has 2 saturated heterocycles. The lowest BCUT2D eigenvalue weighted by atomic mass is 9.76. The van der Waals surface area contributed by atoms with Crippen molar-refractivity contribution in [1.82, 2.24) is 10.2 Å². The van der Waals surface area contributed by atoms with E-state index in [-0.39, 0.29) is 17.7 Å². The van der Waals surface area contributed by atoms with Crippen molar-refractivity contribution in [2.75, 3.05) is 11.9 Å². The van der Waals surface area contributed by atoms with E-state index in [0.29, 0.717) is 17.8 Å². The van der Waals surface area contributed by atoms with E-state index >= 15 is 0 Å². The number of amides is 3. The van der Waals surface area contributed by atoms with Crippen molar-refractivity contribution in [3.05, 3.63) is 29.8 Å². The normalized spacial score (nSPS) is 33.6. The Balaban J connectivity index is 1.85. The molecule has 26 heavy (non-hydrogen) atoms. The molecular formula is C19H23N3O4. The molecule has 138 valence electrons. The summed E-state index contributed by atoms with van der Waals surface area (Å²) in [5, 5.41) is 16.3. The molecule has 1 spiro atoms. The van der Waals surface area contributed by atoms with E-state index in [4.69, 9.17) is 0 Å². The molecule has 1 aromatic carbocycles. The van der Waals surface area contributed by atoms with Crippen LogP contribution >= 0.6 is 0 Å². The van der Waals surface area contributed by atoms with Gasteiger partial charge in [0.25, 0.3) is 0 Å². The molecule has 3 aliphatic rings. The van der Waals surface area contributed by atoms with Crippen LogP contribution in [0.1, 0.15) is 32.3 Å². The van der Waals surface area contributed by atoms with Crippen LogP contribution in [0.4, 0.5) is 5.69 Å². The Morgan fingerprint density at radius 3 is 2.65 bits per heavy atom. The highest BCUT2D eigenvalue weighted by atomic mass is 16.3. The lowest BCUT2D eigenvalue weighted by molar-refractivity contribution is -0.143. The highest BCUT2D eigenvalue weighted by Crippen LogP contribution is 2.53. The average Bonchev–Trinajstić information content (AvgIpc) is 3.20. The maximum Gasteiger partial charge on any atom is 0.250 e. The zero-order valence-electron chi connectivity index (χ0n) is 14.9. The first-order valence-corrected chi connectivity index (χ1v) is 9.15. The molecule has 7 nitrogen and oxygen atoms in total. The fourth-order valence-electron chi connectivity index (χ4n) is 4.70. The number of imide groups is 1. The number of rotatable bonds is 4. The second-order valence-corrected chi connectivity index (χ2v) is 7.40. The predicted octanol–water partition coefficient (Wildman–Crippen LogP) is 0.588. The predicted molar refractivity (Wildman–Crippen MR) is 94.0 cm³/mol. The van der Waals surface area contributed by atoms with Crippen LogP contribution in [-0.4, -0.2) is 46.4 Å². The summed E-state index contributed by atoms with van der Waals surface area (Å²) >= 11 is 0. The third-order valence-corrected chi connectivity index (χ3v) is 5.90. The minimum Gasteiger partial charge on any atom is -0.392 e. The van der Waals surface area contributed by atoms with Gasteiger partial charge in [0, 0.05) is 23.8 Å². The third-order valence-electron chi connectivity index (χ3n) is 5.90. The van der Waals surface area contributed by atoms with Crippen LogP contribution in [0, 0.1) is 11.8 Å². The summed E-state index contributed by atoms with van der Waals surface area (Å²) in [6.07, 6.45) is 0.712. The van der Waals surface area contributed by atoms with E-state index in [1.165, 1.54) is 4.90 Å². The number of anilines is 1. The van der Waals surface area contributed by atoms with E-state index in [1.54, 1.807) is 19.1 Å². The van der Waals surface area contributed by atoms with Crippen molar-refractivity contribution in [3.8, 4) is 0 Å². The number of likely N-dealkylation sites (tertiary alicyclic amines) is 1. The van der Waals surface area contributed by atoms with Gasteiger partial charge in [0.05, 0.1) is 17.9 Å². The molecule has 3 aliphatic heterocycles. The summed E-state index contributed by atoms with van der Waals surface area (Å²) in [6, 6.07) is 6.55. The van der Waals surface area contributed by atoms with Crippen LogP contribution in [0.2, 0.25) is 0 Å². The summed E-state index contributed by atoms with van der Waals surface area (Å²) in [7, 11) is 0. The molecule has 3 heterocycles. The largest absolute Gasteiger partial charge is 0.392 e. The average molecular weight is 357 g/mol. The van der Waals surface area contributed by atoms with Gasteiger partial charge >= 0.3 is 0 Å². The number of nitrogens with one attached hydrogen (secondary N) is 2. The van der Waals surface area contributed by atoms with Crippen LogP contribution in [-0.2, 0) is 19.9 Å². The maximum absolute atomic E-state index is 13.2. The number of aliphatic hydroxyl groups is 1. The molecule has 0 aliphatic carbocycles. The molecule has 0 radical (unpaired) electrons. The second-order valence-electron chi connectivity index (χ2n) is 7.40. The van der Waals surface area contributed by atoms with Gasteiger partial charge in [-0.1, -0.05) is 31.5 Å². The number of hydrogen-bond donors (Lipinski definition) is 3. The third kappa shape index (κ3) is 2.04. The van der Waals surface area contributed by atoms with Crippen molar-refractivity contribution in [2.45, 2.75) is 44.4 Å². The van der Waals surface area contributed by atoms with Crippen LogP contribution in [0.25, 0.3) is 0 Å². The van der Waals surface area contributed by atoms with Crippen molar-refractivity contribution in [3.63, 3.8) is 0 Å². The van der Waals surface area contributed by atoms with E-state index in [1.807, 2.05) is 19.1 Å². The van der Waals surface area contributed by atoms with Gasteiger partial charge in [0.1, 0.15) is 5.54 Å². The van der Waals surface area contributed by atoms with E-state index in [0.717, 1.165) is 12.8 Å².